The van der Waals surface area contributed by atoms with Crippen LogP contribution in [0.25, 0.3) is 0 Å². The number of nitrogens with one attached hydrogen (secondary N) is 1. The molecule has 2 aliphatic rings. The third-order valence-electron chi connectivity index (χ3n) is 5.04. The Morgan fingerprint density at radius 3 is 2.85 bits per heavy atom. The van der Waals surface area contributed by atoms with Gasteiger partial charge in [0.2, 0.25) is 5.91 Å². The highest BCUT2D eigenvalue weighted by Gasteiger charge is 2.40. The predicted octanol–water partition coefficient (Wildman–Crippen LogP) is 3.91. The van der Waals surface area contributed by atoms with Gasteiger partial charge in [-0.05, 0) is 66.5 Å². The molecular formula is C20H23ClN2O2S. The van der Waals surface area contributed by atoms with Gasteiger partial charge in [-0.2, -0.15) is 0 Å². The number of hydrogen-bond donors (Lipinski definition) is 1. The molecule has 0 unspecified atom stereocenters. The van der Waals surface area contributed by atoms with Crippen LogP contribution in [0.5, 0.6) is 5.75 Å². The molecule has 2 heterocycles. The molecule has 1 aromatic heterocycles. The van der Waals surface area contributed by atoms with Crippen molar-refractivity contribution >= 4 is 28.8 Å². The molecule has 1 aliphatic heterocycles. The molecule has 1 aliphatic carbocycles. The molecule has 1 atom stereocenters. The maximum atomic E-state index is 12.4. The number of ether oxygens (including phenoxy) is 1. The maximum Gasteiger partial charge on any atom is 0.234 e. The van der Waals surface area contributed by atoms with Gasteiger partial charge < -0.3 is 10.1 Å². The number of benzene rings is 1. The molecule has 4 nitrogen and oxygen atoms in total. The average molecular weight is 391 g/mol. The van der Waals surface area contributed by atoms with E-state index in [2.05, 4.69) is 21.7 Å². The van der Waals surface area contributed by atoms with E-state index in [1.165, 1.54) is 23.3 Å². The zero-order valence-electron chi connectivity index (χ0n) is 14.6. The third-order valence-corrected chi connectivity index (χ3v) is 6.29. The van der Waals surface area contributed by atoms with Crippen molar-refractivity contribution in [1.29, 1.82) is 0 Å². The van der Waals surface area contributed by atoms with Crippen LogP contribution >= 0.6 is 22.9 Å². The van der Waals surface area contributed by atoms with Gasteiger partial charge in [0.05, 0.1) is 13.1 Å². The number of carbonyl (C=O) groups is 1. The molecule has 0 spiro atoms. The van der Waals surface area contributed by atoms with Crippen molar-refractivity contribution in [3.8, 4) is 5.75 Å². The minimum Gasteiger partial charge on any atom is -0.492 e. The molecular weight excluding hydrogens is 368 g/mol. The van der Waals surface area contributed by atoms with E-state index in [1.807, 2.05) is 23.5 Å². The molecule has 26 heavy (non-hydrogen) atoms. The molecule has 1 aromatic carbocycles. The van der Waals surface area contributed by atoms with Gasteiger partial charge in [-0.15, -0.1) is 11.3 Å². The van der Waals surface area contributed by atoms with Crippen molar-refractivity contribution < 1.29 is 9.53 Å². The first-order chi connectivity index (χ1) is 12.7. The summed E-state index contributed by atoms with van der Waals surface area (Å²) in [5.74, 6) is 1.57. The summed E-state index contributed by atoms with van der Waals surface area (Å²) in [5.41, 5.74) is 1.46. The van der Waals surface area contributed by atoms with E-state index in [0.29, 0.717) is 30.8 Å². The lowest BCUT2D eigenvalue weighted by Gasteiger charge is -2.35. The molecule has 1 saturated carbocycles. The summed E-state index contributed by atoms with van der Waals surface area (Å²) in [6, 6.07) is 9.94. The van der Waals surface area contributed by atoms with E-state index < -0.39 is 0 Å². The van der Waals surface area contributed by atoms with E-state index in [1.54, 1.807) is 12.1 Å². The van der Waals surface area contributed by atoms with Gasteiger partial charge in [0.15, 0.2) is 0 Å². The molecule has 2 aromatic rings. The van der Waals surface area contributed by atoms with Gasteiger partial charge >= 0.3 is 0 Å². The predicted molar refractivity (Wildman–Crippen MR) is 105 cm³/mol. The van der Waals surface area contributed by atoms with Crippen molar-refractivity contribution in [1.82, 2.24) is 10.2 Å². The third kappa shape index (κ3) is 4.22. The Balaban J connectivity index is 1.25. The standard InChI is InChI=1S/C20H23ClN2O2S/c21-15-3-5-16(6-4-15)25-11-9-22-19(24)13-23-10-7-18-17(8-12-26-18)20(23)14-1-2-14/h3-6,8,12,14,20H,1-2,7,9-11,13H2,(H,22,24)/t20-/m0/s1. The number of rotatable bonds is 7. The number of nitrogens with zero attached hydrogens (tertiary/aromatic N) is 1. The molecule has 0 saturated heterocycles. The second-order valence-corrected chi connectivity index (χ2v) is 8.39. The number of halogens is 1. The first-order valence-corrected chi connectivity index (χ1v) is 10.4. The van der Waals surface area contributed by atoms with Crippen LogP contribution in [0.2, 0.25) is 5.02 Å². The molecule has 0 radical (unpaired) electrons. The Bertz CT molecular complexity index is 757. The highest BCUT2D eigenvalue weighted by Crippen LogP contribution is 2.48. The summed E-state index contributed by atoms with van der Waals surface area (Å²) in [5, 5.41) is 5.86. The van der Waals surface area contributed by atoms with Gasteiger partial charge in [-0.25, -0.2) is 0 Å². The Hall–Kier alpha value is -1.56. The number of carbonyl (C=O) groups excluding carboxylic acids is 1. The molecule has 1 fully saturated rings. The Labute approximate surface area is 163 Å². The fraction of sp³-hybridized carbons (Fsp3) is 0.450. The van der Waals surface area contributed by atoms with Crippen LogP contribution in [-0.4, -0.2) is 37.0 Å². The minimum absolute atomic E-state index is 0.0778. The molecule has 1 amide bonds. The lowest BCUT2D eigenvalue weighted by Crippen LogP contribution is -2.43. The molecule has 138 valence electrons. The highest BCUT2D eigenvalue weighted by molar-refractivity contribution is 7.10. The zero-order chi connectivity index (χ0) is 17.9. The summed E-state index contributed by atoms with van der Waals surface area (Å²) < 4.78 is 5.62. The first-order valence-electron chi connectivity index (χ1n) is 9.16. The van der Waals surface area contributed by atoms with Crippen molar-refractivity contribution in [2.75, 3.05) is 26.2 Å². The fourth-order valence-corrected chi connectivity index (χ4v) is 4.71. The summed E-state index contributed by atoms with van der Waals surface area (Å²) in [6.07, 6.45) is 3.63. The summed E-state index contributed by atoms with van der Waals surface area (Å²) in [6.45, 7) is 2.40. The van der Waals surface area contributed by atoms with Gasteiger partial charge in [-0.1, -0.05) is 11.6 Å². The summed E-state index contributed by atoms with van der Waals surface area (Å²) >= 11 is 7.71. The van der Waals surface area contributed by atoms with Crippen LogP contribution in [0.3, 0.4) is 0 Å². The van der Waals surface area contributed by atoms with Gasteiger partial charge in [0.25, 0.3) is 0 Å². The minimum atomic E-state index is 0.0778. The zero-order valence-corrected chi connectivity index (χ0v) is 16.2. The summed E-state index contributed by atoms with van der Waals surface area (Å²) in [4.78, 5) is 16.3. The molecule has 1 N–H and O–H groups in total. The number of amides is 1. The second-order valence-electron chi connectivity index (χ2n) is 6.95. The van der Waals surface area contributed by atoms with Crippen LogP contribution in [0, 0.1) is 5.92 Å². The topological polar surface area (TPSA) is 41.6 Å². The second kappa shape index (κ2) is 7.99. The maximum absolute atomic E-state index is 12.4. The van der Waals surface area contributed by atoms with Gasteiger partial charge in [-0.3, -0.25) is 9.69 Å². The van der Waals surface area contributed by atoms with Crippen LogP contribution in [0.15, 0.2) is 35.7 Å². The normalized spacial score (nSPS) is 19.8. The smallest absolute Gasteiger partial charge is 0.234 e. The quantitative estimate of drug-likeness (QED) is 0.729. The van der Waals surface area contributed by atoms with Crippen LogP contribution in [0.4, 0.5) is 0 Å². The van der Waals surface area contributed by atoms with E-state index in [9.17, 15) is 4.79 Å². The summed E-state index contributed by atoms with van der Waals surface area (Å²) in [7, 11) is 0. The van der Waals surface area contributed by atoms with Crippen molar-refractivity contribution in [2.45, 2.75) is 25.3 Å². The SMILES string of the molecule is O=C(CN1CCc2sccc2[C@@H]1C1CC1)NCCOc1ccc(Cl)cc1. The number of hydrogen-bond acceptors (Lipinski definition) is 4. The Morgan fingerprint density at radius 2 is 2.08 bits per heavy atom. The van der Waals surface area contributed by atoms with Crippen LogP contribution < -0.4 is 10.1 Å². The van der Waals surface area contributed by atoms with Crippen molar-refractivity contribution in [3.63, 3.8) is 0 Å². The Morgan fingerprint density at radius 1 is 1.27 bits per heavy atom. The van der Waals surface area contributed by atoms with E-state index in [-0.39, 0.29) is 5.91 Å². The van der Waals surface area contributed by atoms with Gasteiger partial charge in [0, 0.05) is 22.5 Å². The fourth-order valence-electron chi connectivity index (χ4n) is 3.67. The van der Waals surface area contributed by atoms with E-state index in [4.69, 9.17) is 16.3 Å². The van der Waals surface area contributed by atoms with E-state index >= 15 is 0 Å². The van der Waals surface area contributed by atoms with Crippen LogP contribution in [0.1, 0.15) is 29.3 Å². The number of fused-ring (bicyclic) bond motifs is 1. The monoisotopic (exact) mass is 390 g/mol. The average Bonchev–Trinajstić information content (AvgIpc) is 3.36. The highest BCUT2D eigenvalue weighted by atomic mass is 35.5. The Kier molecular flexibility index (Phi) is 5.48. The lowest BCUT2D eigenvalue weighted by atomic mass is 9.96. The molecule has 0 bridgehead atoms. The van der Waals surface area contributed by atoms with Crippen LogP contribution in [-0.2, 0) is 11.2 Å². The molecule has 4 rings (SSSR count). The molecule has 6 heteroatoms. The van der Waals surface area contributed by atoms with Crippen molar-refractivity contribution in [3.05, 3.63) is 51.2 Å². The number of thiophene rings is 1. The lowest BCUT2D eigenvalue weighted by molar-refractivity contribution is -0.123. The van der Waals surface area contributed by atoms with E-state index in [0.717, 1.165) is 24.6 Å². The van der Waals surface area contributed by atoms with Crippen molar-refractivity contribution in [2.24, 2.45) is 5.92 Å². The largest absolute Gasteiger partial charge is 0.492 e. The van der Waals surface area contributed by atoms with Gasteiger partial charge in [0.1, 0.15) is 12.4 Å². The first kappa shape index (κ1) is 17.8.